The van der Waals surface area contributed by atoms with Crippen molar-refractivity contribution in [3.63, 3.8) is 0 Å². The Bertz CT molecular complexity index is 3970. The van der Waals surface area contributed by atoms with Crippen molar-refractivity contribution in [3.05, 3.63) is 212 Å². The fourth-order valence-electron chi connectivity index (χ4n) is 8.29. The van der Waals surface area contributed by atoms with Gasteiger partial charge in [0.2, 0.25) is 0 Å². The Morgan fingerprint density at radius 2 is 0.855 bits per heavy atom. The molecule has 0 amide bonds. The Labute approximate surface area is 365 Å². The minimum atomic E-state index is -0.353. The summed E-state index contributed by atoms with van der Waals surface area (Å²) in [5.74, 6) is 0.565. The van der Waals surface area contributed by atoms with E-state index in [1.165, 1.54) is 0 Å². The van der Waals surface area contributed by atoms with Crippen molar-refractivity contribution in [2.45, 2.75) is 0 Å². The molecule has 12 rings (SSSR count). The highest BCUT2D eigenvalue weighted by Crippen LogP contribution is 2.42. The third-order valence-electron chi connectivity index (χ3n) is 11.3. The smallest absolute Gasteiger partial charge is 0.164 e. The monoisotopic (exact) mass is 799 g/mol. The van der Waals surface area contributed by atoms with Crippen molar-refractivity contribution in [2.24, 2.45) is 0 Å². The maximum atomic E-state index is 9.65. The van der Waals surface area contributed by atoms with E-state index in [2.05, 4.69) is 30.3 Å². The Balaban J connectivity index is 1.03. The summed E-state index contributed by atoms with van der Waals surface area (Å²) in [6.07, 6.45) is 0. The molecule has 0 N–H and O–H groups in total. The Morgan fingerprint density at radius 1 is 0.339 bits per heavy atom. The molecule has 0 saturated heterocycles. The van der Waals surface area contributed by atoms with Crippen LogP contribution in [0.25, 0.3) is 123 Å². The lowest BCUT2D eigenvalue weighted by atomic mass is 9.96. The van der Waals surface area contributed by atoms with Gasteiger partial charge >= 0.3 is 0 Å². The minimum Gasteiger partial charge on any atom is -0.456 e. The zero-order valence-electron chi connectivity index (χ0n) is 38.9. The minimum absolute atomic E-state index is 0.0110. The summed E-state index contributed by atoms with van der Waals surface area (Å²) in [4.78, 5) is 14.7. The maximum absolute atomic E-state index is 9.65. The van der Waals surface area contributed by atoms with Crippen molar-refractivity contribution < 1.29 is 17.1 Å². The van der Waals surface area contributed by atoms with Gasteiger partial charge in [0.1, 0.15) is 22.3 Å². The quantitative estimate of drug-likeness (QED) is 0.161. The molecule has 12 aromatic rings. The summed E-state index contributed by atoms with van der Waals surface area (Å²) in [5.41, 5.74) is 9.28. The molecule has 5 heteroatoms. The van der Waals surface area contributed by atoms with Gasteiger partial charge < -0.3 is 8.83 Å². The lowest BCUT2D eigenvalue weighted by Crippen LogP contribution is -2.00. The third kappa shape index (κ3) is 6.14. The van der Waals surface area contributed by atoms with Crippen LogP contribution in [0.15, 0.2) is 221 Å². The molecule has 3 heterocycles. The molecule has 0 aliphatic heterocycles. The first-order valence-corrected chi connectivity index (χ1v) is 20.3. The molecule has 5 nitrogen and oxygen atoms in total. The number of rotatable bonds is 7. The second kappa shape index (κ2) is 14.7. The molecule has 0 fully saturated rings. The number of para-hydroxylation sites is 2. The van der Waals surface area contributed by atoms with Crippen molar-refractivity contribution in [2.75, 3.05) is 0 Å². The van der Waals surface area contributed by atoms with Gasteiger partial charge in [0, 0.05) is 49.4 Å². The maximum Gasteiger partial charge on any atom is 0.164 e. The van der Waals surface area contributed by atoms with E-state index in [1.807, 2.05) is 146 Å². The first kappa shape index (κ1) is 29.7. The topological polar surface area (TPSA) is 65.0 Å². The number of aromatic nitrogens is 3. The van der Waals surface area contributed by atoms with E-state index in [-0.39, 0.29) is 81.0 Å². The lowest BCUT2D eigenvalue weighted by Gasteiger charge is -2.10. The second-order valence-electron chi connectivity index (χ2n) is 15.0. The molecule has 290 valence electrons. The molecule has 0 atom stereocenters. The molecule has 3 aromatic heterocycles. The molecule has 0 saturated carbocycles. The number of hydrogen-bond donors (Lipinski definition) is 0. The van der Waals surface area contributed by atoms with Gasteiger partial charge in [-0.15, -0.1) is 0 Å². The van der Waals surface area contributed by atoms with Crippen LogP contribution >= 0.6 is 0 Å². The lowest BCUT2D eigenvalue weighted by molar-refractivity contribution is 0.669. The van der Waals surface area contributed by atoms with Gasteiger partial charge in [-0.25, -0.2) is 15.0 Å². The van der Waals surface area contributed by atoms with E-state index >= 15 is 0 Å². The SMILES string of the molecule is [2H]c1c([2H])c(-c2ccc(-c3ccccc3)cc2)c2c(oc3c([2H])c(-c4nc(-c5ccccc5)nc(-c5cccc(-c6cccc7c6oc6c(-c8ccccc8)cccc67)c5)n4)c([2H])c([2H])c32)c1[2H]. The molecule has 0 spiro atoms. The van der Waals surface area contributed by atoms with Crippen molar-refractivity contribution in [1.82, 2.24) is 15.0 Å². The molecule has 9 aromatic carbocycles. The highest BCUT2D eigenvalue weighted by Gasteiger charge is 2.19. The molecule has 0 radical (unpaired) electrons. The fraction of sp³-hybridized carbons (Fsp3) is 0. The second-order valence-corrected chi connectivity index (χ2v) is 15.0. The first-order valence-electron chi connectivity index (χ1n) is 23.3. The highest BCUT2D eigenvalue weighted by atomic mass is 16.3. The molecule has 0 aliphatic rings. The predicted molar refractivity (Wildman–Crippen MR) is 252 cm³/mol. The van der Waals surface area contributed by atoms with Crippen LogP contribution in [0, 0.1) is 0 Å². The van der Waals surface area contributed by atoms with E-state index in [0.717, 1.165) is 55.3 Å². The van der Waals surface area contributed by atoms with Crippen LogP contribution in [-0.2, 0) is 0 Å². The largest absolute Gasteiger partial charge is 0.456 e. The number of nitrogens with zero attached hydrogens (tertiary/aromatic N) is 3. The van der Waals surface area contributed by atoms with E-state index < -0.39 is 0 Å². The van der Waals surface area contributed by atoms with Crippen molar-refractivity contribution in [1.29, 1.82) is 0 Å². The van der Waals surface area contributed by atoms with Crippen LogP contribution in [0.5, 0.6) is 0 Å². The number of benzene rings is 9. The van der Waals surface area contributed by atoms with Crippen molar-refractivity contribution >= 4 is 43.9 Å². The number of hydrogen-bond acceptors (Lipinski definition) is 5. The average molecular weight is 800 g/mol. The highest BCUT2D eigenvalue weighted by molar-refractivity contribution is 6.14. The fourth-order valence-corrected chi connectivity index (χ4v) is 8.29. The van der Waals surface area contributed by atoms with Gasteiger partial charge in [0.15, 0.2) is 17.5 Å². The van der Waals surface area contributed by atoms with Gasteiger partial charge in [0.25, 0.3) is 0 Å². The van der Waals surface area contributed by atoms with E-state index in [0.29, 0.717) is 22.5 Å². The summed E-state index contributed by atoms with van der Waals surface area (Å²) < 4.78 is 68.5. The Kier molecular flexibility index (Phi) is 7.05. The van der Waals surface area contributed by atoms with Crippen LogP contribution < -0.4 is 0 Å². The molecular weight excluding hydrogens is 759 g/mol. The van der Waals surface area contributed by atoms with Crippen LogP contribution in [-0.4, -0.2) is 15.0 Å². The first-order chi connectivity index (χ1) is 33.2. The van der Waals surface area contributed by atoms with Gasteiger partial charge in [-0.3, -0.25) is 0 Å². The third-order valence-corrected chi connectivity index (χ3v) is 11.3. The van der Waals surface area contributed by atoms with Crippen LogP contribution in [0.1, 0.15) is 8.22 Å². The standard InChI is InChI=1S/C57H35N3O2/c1-4-14-36(15-5-1)37-28-30-39(31-29-37)44-22-13-27-50-52(44)49-33-32-43(35-51(49)61-50)57-59-55(40-18-8-3-9-19-40)58-56(60-57)42-21-10-20-41(34-42)46-24-12-26-48-47-25-11-23-45(53(47)62-54(46)48)38-16-6-2-7-17-38/h1-35H/i13D,22D,27D,32D,33D,35D. The Hall–Kier alpha value is -8.41. The normalized spacial score (nSPS) is 12.9. The summed E-state index contributed by atoms with van der Waals surface area (Å²) in [6, 6.07) is 55.2. The summed E-state index contributed by atoms with van der Waals surface area (Å²) in [6.45, 7) is 0. The predicted octanol–water partition coefficient (Wildman–Crippen LogP) is 15.3. The molecule has 0 bridgehead atoms. The molecule has 62 heavy (non-hydrogen) atoms. The van der Waals surface area contributed by atoms with E-state index in [4.69, 9.17) is 27.9 Å². The summed E-state index contributed by atoms with van der Waals surface area (Å²) in [7, 11) is 0. The van der Waals surface area contributed by atoms with Gasteiger partial charge in [-0.1, -0.05) is 188 Å². The number of fused-ring (bicyclic) bond motifs is 6. The van der Waals surface area contributed by atoms with E-state index in [1.54, 1.807) is 0 Å². The molecule has 0 aliphatic carbocycles. The van der Waals surface area contributed by atoms with E-state index in [9.17, 15) is 4.11 Å². The van der Waals surface area contributed by atoms with Gasteiger partial charge in [0.05, 0.1) is 8.22 Å². The van der Waals surface area contributed by atoms with Crippen molar-refractivity contribution in [3.8, 4) is 78.7 Å². The molecule has 0 unspecified atom stereocenters. The average Bonchev–Trinajstić information content (AvgIpc) is 3.99. The zero-order valence-corrected chi connectivity index (χ0v) is 32.9. The van der Waals surface area contributed by atoms with Gasteiger partial charge in [-0.2, -0.15) is 0 Å². The summed E-state index contributed by atoms with van der Waals surface area (Å²) in [5, 5.41) is 2.32. The Morgan fingerprint density at radius 3 is 1.55 bits per heavy atom. The molecular formula is C57H35N3O2. The van der Waals surface area contributed by atoms with Crippen LogP contribution in [0.2, 0.25) is 0 Å². The van der Waals surface area contributed by atoms with Gasteiger partial charge in [-0.05, 0) is 57.6 Å². The summed E-state index contributed by atoms with van der Waals surface area (Å²) >= 11 is 0. The zero-order chi connectivity index (χ0) is 46.2. The van der Waals surface area contributed by atoms with Crippen LogP contribution in [0.4, 0.5) is 0 Å². The van der Waals surface area contributed by atoms with Crippen LogP contribution in [0.3, 0.4) is 0 Å². The number of furan rings is 2.